The lowest BCUT2D eigenvalue weighted by molar-refractivity contribution is -0.140. The molecule has 0 aliphatic rings. The Bertz CT molecular complexity index is 562. The van der Waals surface area contributed by atoms with Gasteiger partial charge in [0.25, 0.3) is 0 Å². The zero-order chi connectivity index (χ0) is 14.5. The van der Waals surface area contributed by atoms with Crippen LogP contribution in [0.2, 0.25) is 0 Å². The lowest BCUT2D eigenvalue weighted by atomic mass is 10.1. The number of halogens is 1. The predicted molar refractivity (Wildman–Crippen MR) is 66.0 cm³/mol. The minimum Gasteiger partial charge on any atom is -0.469 e. The smallest absolute Gasteiger partial charge is 0.306 e. The molecule has 0 saturated heterocycles. The molecule has 0 spiro atoms. The van der Waals surface area contributed by atoms with Crippen LogP contribution in [0.15, 0.2) is 24.3 Å². The summed E-state index contributed by atoms with van der Waals surface area (Å²) in [7, 11) is -2.54. The summed E-state index contributed by atoms with van der Waals surface area (Å²) in [5.41, 5.74) is 0.114. The zero-order valence-corrected chi connectivity index (χ0v) is 11.1. The zero-order valence-electron chi connectivity index (χ0n) is 10.3. The number of carbonyl (C=O) groups excluding carboxylic acids is 2. The summed E-state index contributed by atoms with van der Waals surface area (Å²) in [5.74, 6) is -2.96. The van der Waals surface area contributed by atoms with Gasteiger partial charge in [0, 0.05) is 5.56 Å². The summed E-state index contributed by atoms with van der Waals surface area (Å²) in [6.45, 7) is 0. The van der Waals surface area contributed by atoms with Gasteiger partial charge in [-0.3, -0.25) is 9.59 Å². The van der Waals surface area contributed by atoms with E-state index >= 15 is 0 Å². The van der Waals surface area contributed by atoms with Crippen LogP contribution in [0, 0.1) is 5.82 Å². The van der Waals surface area contributed by atoms with Crippen molar-refractivity contribution in [3.63, 3.8) is 0 Å². The summed E-state index contributed by atoms with van der Waals surface area (Å²) in [4.78, 5) is 22.5. The molecule has 0 aromatic heterocycles. The number of hydrogen-bond donors (Lipinski definition) is 0. The number of sulfone groups is 1. The molecule has 0 amide bonds. The third-order valence-corrected chi connectivity index (χ3v) is 3.89. The number of hydrogen-bond acceptors (Lipinski definition) is 5. The van der Waals surface area contributed by atoms with Gasteiger partial charge in [-0.15, -0.1) is 0 Å². The van der Waals surface area contributed by atoms with Crippen LogP contribution in [0.5, 0.6) is 0 Å². The number of carbonyl (C=O) groups is 2. The largest absolute Gasteiger partial charge is 0.469 e. The first-order chi connectivity index (χ1) is 8.84. The van der Waals surface area contributed by atoms with E-state index in [0.717, 1.165) is 19.2 Å². The van der Waals surface area contributed by atoms with Crippen LogP contribution in [0.1, 0.15) is 16.8 Å². The van der Waals surface area contributed by atoms with Crippen molar-refractivity contribution in [2.75, 3.05) is 18.6 Å². The minimum absolute atomic E-state index is 0.114. The van der Waals surface area contributed by atoms with Gasteiger partial charge in [-0.2, -0.15) is 0 Å². The Balaban J connectivity index is 2.65. The fraction of sp³-hybridized carbons (Fsp3) is 0.333. The predicted octanol–water partition coefficient (Wildman–Crippen LogP) is 0.986. The number of ketones is 1. The molecule has 1 aromatic rings. The normalized spacial score (nSPS) is 11.1. The maximum absolute atomic E-state index is 12.7. The number of methoxy groups -OCH3 is 1. The first-order valence-electron chi connectivity index (χ1n) is 5.40. The SMILES string of the molecule is COC(=O)CCS(=O)(=O)CC(=O)c1ccc(F)cc1. The van der Waals surface area contributed by atoms with E-state index in [1.807, 2.05) is 0 Å². The van der Waals surface area contributed by atoms with Crippen molar-refractivity contribution in [1.29, 1.82) is 0 Å². The highest BCUT2D eigenvalue weighted by Crippen LogP contribution is 2.06. The molecule has 7 heteroatoms. The molecule has 0 N–H and O–H groups in total. The quantitative estimate of drug-likeness (QED) is 0.576. The van der Waals surface area contributed by atoms with Gasteiger partial charge in [-0.25, -0.2) is 12.8 Å². The van der Waals surface area contributed by atoms with E-state index in [9.17, 15) is 22.4 Å². The van der Waals surface area contributed by atoms with Crippen molar-refractivity contribution in [3.05, 3.63) is 35.6 Å². The second-order valence-electron chi connectivity index (χ2n) is 3.85. The maximum Gasteiger partial charge on any atom is 0.306 e. The maximum atomic E-state index is 12.7. The molecule has 0 aliphatic carbocycles. The molecule has 0 heterocycles. The van der Waals surface area contributed by atoms with Crippen LogP contribution >= 0.6 is 0 Å². The molecule has 0 fully saturated rings. The molecule has 1 aromatic carbocycles. The van der Waals surface area contributed by atoms with Gasteiger partial charge in [-0.05, 0) is 24.3 Å². The molecule has 1 rings (SSSR count). The van der Waals surface area contributed by atoms with Gasteiger partial charge >= 0.3 is 5.97 Å². The van der Waals surface area contributed by atoms with Crippen molar-refractivity contribution in [2.45, 2.75) is 6.42 Å². The van der Waals surface area contributed by atoms with Crippen LogP contribution in [0.3, 0.4) is 0 Å². The highest BCUT2D eigenvalue weighted by molar-refractivity contribution is 7.92. The Hall–Kier alpha value is -1.76. The summed E-state index contributed by atoms with van der Waals surface area (Å²) >= 11 is 0. The molecule has 0 aliphatic heterocycles. The Morgan fingerprint density at radius 2 is 1.79 bits per heavy atom. The van der Waals surface area contributed by atoms with Crippen LogP contribution in [-0.4, -0.2) is 38.8 Å². The molecule has 0 saturated carbocycles. The third-order valence-electron chi connectivity index (χ3n) is 2.36. The summed E-state index contributed by atoms with van der Waals surface area (Å²) in [5, 5.41) is 0. The second-order valence-corrected chi connectivity index (χ2v) is 6.03. The lowest BCUT2D eigenvalue weighted by Gasteiger charge is -2.03. The Morgan fingerprint density at radius 1 is 1.21 bits per heavy atom. The number of Topliss-reactive ketones (excluding diaryl/α,β-unsaturated/α-hetero) is 1. The van der Waals surface area contributed by atoms with Crippen LogP contribution in [-0.2, 0) is 19.4 Å². The van der Waals surface area contributed by atoms with E-state index in [-0.39, 0.29) is 12.0 Å². The van der Waals surface area contributed by atoms with E-state index < -0.39 is 38.9 Å². The van der Waals surface area contributed by atoms with E-state index in [0.29, 0.717) is 0 Å². The number of rotatable bonds is 6. The van der Waals surface area contributed by atoms with E-state index in [4.69, 9.17) is 0 Å². The first kappa shape index (κ1) is 15.3. The van der Waals surface area contributed by atoms with Gasteiger partial charge in [0.15, 0.2) is 15.6 Å². The Kier molecular flexibility index (Phi) is 5.17. The van der Waals surface area contributed by atoms with Crippen molar-refractivity contribution in [3.8, 4) is 0 Å². The van der Waals surface area contributed by atoms with Gasteiger partial charge in [0.1, 0.15) is 11.6 Å². The summed E-state index contributed by atoms with van der Waals surface area (Å²) in [6.07, 6.45) is -0.296. The third kappa shape index (κ3) is 5.17. The Labute approximate surface area is 110 Å². The average molecular weight is 288 g/mol. The molecular weight excluding hydrogens is 275 g/mol. The molecule has 0 bridgehead atoms. The number of esters is 1. The Morgan fingerprint density at radius 3 is 2.32 bits per heavy atom. The van der Waals surface area contributed by atoms with Crippen LogP contribution in [0.4, 0.5) is 4.39 Å². The number of benzene rings is 1. The average Bonchev–Trinajstić information content (AvgIpc) is 2.36. The molecule has 5 nitrogen and oxygen atoms in total. The minimum atomic E-state index is -3.69. The van der Waals surface area contributed by atoms with Crippen molar-refractivity contribution in [2.24, 2.45) is 0 Å². The van der Waals surface area contributed by atoms with Gasteiger partial charge in [0.05, 0.1) is 19.3 Å². The van der Waals surface area contributed by atoms with E-state index in [1.54, 1.807) is 0 Å². The monoisotopic (exact) mass is 288 g/mol. The molecule has 104 valence electrons. The summed E-state index contributed by atoms with van der Waals surface area (Å²) in [6, 6.07) is 4.59. The second kappa shape index (κ2) is 6.42. The van der Waals surface area contributed by atoms with Crippen molar-refractivity contribution >= 4 is 21.6 Å². The standard InChI is InChI=1S/C12H13FO5S/c1-18-12(15)6-7-19(16,17)8-11(14)9-2-4-10(13)5-3-9/h2-5H,6-8H2,1H3. The van der Waals surface area contributed by atoms with E-state index in [2.05, 4.69) is 4.74 Å². The molecule has 19 heavy (non-hydrogen) atoms. The highest BCUT2D eigenvalue weighted by Gasteiger charge is 2.19. The number of ether oxygens (including phenoxy) is 1. The molecular formula is C12H13FO5S. The molecule has 0 unspecified atom stereocenters. The van der Waals surface area contributed by atoms with Crippen molar-refractivity contribution < 1.29 is 27.1 Å². The summed E-state index contributed by atoms with van der Waals surface area (Å²) < 4.78 is 40.2. The lowest BCUT2D eigenvalue weighted by Crippen LogP contribution is -2.21. The first-order valence-corrected chi connectivity index (χ1v) is 7.22. The van der Waals surface area contributed by atoms with E-state index in [1.165, 1.54) is 12.1 Å². The molecule has 0 radical (unpaired) electrons. The van der Waals surface area contributed by atoms with Gasteiger partial charge < -0.3 is 4.74 Å². The highest BCUT2D eigenvalue weighted by atomic mass is 32.2. The van der Waals surface area contributed by atoms with Crippen LogP contribution < -0.4 is 0 Å². The van der Waals surface area contributed by atoms with Gasteiger partial charge in [0.2, 0.25) is 0 Å². The fourth-order valence-electron chi connectivity index (χ4n) is 1.33. The van der Waals surface area contributed by atoms with Gasteiger partial charge in [-0.1, -0.05) is 0 Å². The fourth-order valence-corrected chi connectivity index (χ4v) is 2.52. The van der Waals surface area contributed by atoms with Crippen molar-refractivity contribution in [1.82, 2.24) is 0 Å². The topological polar surface area (TPSA) is 77.5 Å². The van der Waals surface area contributed by atoms with Crippen LogP contribution in [0.25, 0.3) is 0 Å². The molecule has 0 atom stereocenters.